The maximum absolute atomic E-state index is 5.63. The Morgan fingerprint density at radius 1 is 1.09 bits per heavy atom. The molecule has 1 N–H and O–H groups in total. The minimum Gasteiger partial charge on any atom is -0.497 e. The number of para-hydroxylation sites is 1. The van der Waals surface area contributed by atoms with Crippen molar-refractivity contribution in [3.05, 3.63) is 65.7 Å². The molecule has 0 amide bonds. The second-order valence-electron chi connectivity index (χ2n) is 5.25. The molecule has 23 heavy (non-hydrogen) atoms. The zero-order chi connectivity index (χ0) is 16.1. The van der Waals surface area contributed by atoms with Gasteiger partial charge in [-0.25, -0.2) is 4.99 Å². The van der Waals surface area contributed by atoms with Crippen LogP contribution in [0.3, 0.4) is 0 Å². The van der Waals surface area contributed by atoms with Crippen molar-refractivity contribution in [3.8, 4) is 5.75 Å². The van der Waals surface area contributed by atoms with Crippen LogP contribution in [-0.2, 0) is 4.74 Å². The van der Waals surface area contributed by atoms with E-state index in [0.717, 1.165) is 28.3 Å². The lowest BCUT2D eigenvalue weighted by Gasteiger charge is -2.16. The summed E-state index contributed by atoms with van der Waals surface area (Å²) < 4.78 is 10.9. The molecule has 118 valence electrons. The molecule has 0 unspecified atom stereocenters. The lowest BCUT2D eigenvalue weighted by molar-refractivity contribution is 0.347. The Morgan fingerprint density at radius 2 is 1.83 bits per heavy atom. The number of aliphatic imine (C=N–C) groups is 1. The van der Waals surface area contributed by atoms with E-state index >= 15 is 0 Å². The van der Waals surface area contributed by atoms with E-state index in [0.29, 0.717) is 19.0 Å². The van der Waals surface area contributed by atoms with Gasteiger partial charge in [-0.15, -0.1) is 0 Å². The predicted molar refractivity (Wildman–Crippen MR) is 93.9 cm³/mol. The summed E-state index contributed by atoms with van der Waals surface area (Å²) in [6, 6.07) is 18.0. The van der Waals surface area contributed by atoms with E-state index in [-0.39, 0.29) is 0 Å². The average molecular weight is 308 g/mol. The van der Waals surface area contributed by atoms with Gasteiger partial charge in [-0.05, 0) is 48.9 Å². The van der Waals surface area contributed by atoms with Gasteiger partial charge >= 0.3 is 0 Å². The Kier molecular flexibility index (Phi) is 4.62. The Labute approximate surface area is 136 Å². The Morgan fingerprint density at radius 3 is 2.43 bits per heavy atom. The summed E-state index contributed by atoms with van der Waals surface area (Å²) in [7, 11) is 1.67. The second kappa shape index (κ2) is 7.01. The van der Waals surface area contributed by atoms with Gasteiger partial charge in [0, 0.05) is 11.3 Å². The largest absolute Gasteiger partial charge is 0.497 e. The highest BCUT2D eigenvalue weighted by molar-refractivity contribution is 6.03. The van der Waals surface area contributed by atoms with Gasteiger partial charge in [-0.2, -0.15) is 0 Å². The maximum atomic E-state index is 5.63. The predicted octanol–water partition coefficient (Wildman–Crippen LogP) is 3.97. The van der Waals surface area contributed by atoms with Crippen LogP contribution >= 0.6 is 0 Å². The van der Waals surface area contributed by atoms with Gasteiger partial charge in [-0.1, -0.05) is 18.2 Å². The van der Waals surface area contributed by atoms with Crippen molar-refractivity contribution in [2.45, 2.75) is 6.92 Å². The number of hydrogen-bond donors (Lipinski definition) is 1. The third-order valence-electron chi connectivity index (χ3n) is 3.70. The monoisotopic (exact) mass is 308 g/mol. The van der Waals surface area contributed by atoms with Gasteiger partial charge < -0.3 is 14.8 Å². The number of benzene rings is 2. The summed E-state index contributed by atoms with van der Waals surface area (Å²) in [5, 5.41) is 3.49. The van der Waals surface area contributed by atoms with Gasteiger partial charge in [0.25, 0.3) is 0 Å². The number of nitrogens with one attached hydrogen (secondary N) is 1. The summed E-state index contributed by atoms with van der Waals surface area (Å²) in [5.74, 6) is 1.54. The van der Waals surface area contributed by atoms with Crippen molar-refractivity contribution in [1.29, 1.82) is 0 Å². The molecule has 1 aliphatic heterocycles. The van der Waals surface area contributed by atoms with E-state index < -0.39 is 0 Å². The number of methoxy groups -OCH3 is 1. The first-order chi connectivity index (χ1) is 11.3. The van der Waals surface area contributed by atoms with Crippen molar-refractivity contribution >= 4 is 17.3 Å². The third kappa shape index (κ3) is 3.54. The maximum Gasteiger partial charge on any atom is 0.213 e. The summed E-state index contributed by atoms with van der Waals surface area (Å²) in [4.78, 5) is 4.43. The molecule has 3 rings (SSSR count). The fourth-order valence-corrected chi connectivity index (χ4v) is 2.47. The number of hydrogen-bond acceptors (Lipinski definition) is 4. The van der Waals surface area contributed by atoms with E-state index in [9.17, 15) is 0 Å². The zero-order valence-corrected chi connectivity index (χ0v) is 13.4. The number of ether oxygens (including phenoxy) is 2. The highest BCUT2D eigenvalue weighted by Gasteiger charge is 2.16. The van der Waals surface area contributed by atoms with Gasteiger partial charge in [0.1, 0.15) is 12.4 Å². The van der Waals surface area contributed by atoms with Crippen LogP contribution in [0.2, 0.25) is 0 Å². The summed E-state index contributed by atoms with van der Waals surface area (Å²) in [6.45, 7) is 3.39. The van der Waals surface area contributed by atoms with Gasteiger partial charge in [0.2, 0.25) is 5.90 Å². The number of nitrogens with zero attached hydrogens (tertiary/aromatic N) is 1. The molecule has 1 aliphatic rings. The van der Waals surface area contributed by atoms with Crippen LogP contribution in [0.1, 0.15) is 12.5 Å². The topological polar surface area (TPSA) is 42.8 Å². The molecular weight excluding hydrogens is 288 g/mol. The van der Waals surface area contributed by atoms with Crippen molar-refractivity contribution in [3.63, 3.8) is 0 Å². The van der Waals surface area contributed by atoms with E-state index in [1.165, 1.54) is 0 Å². The normalized spacial score (nSPS) is 14.6. The van der Waals surface area contributed by atoms with Crippen LogP contribution in [0.25, 0.3) is 5.70 Å². The molecule has 0 radical (unpaired) electrons. The van der Waals surface area contributed by atoms with E-state index in [2.05, 4.69) is 10.3 Å². The highest BCUT2D eigenvalue weighted by atomic mass is 16.5. The van der Waals surface area contributed by atoms with Crippen LogP contribution < -0.4 is 10.1 Å². The van der Waals surface area contributed by atoms with Gasteiger partial charge in [0.05, 0.1) is 19.4 Å². The molecule has 0 fully saturated rings. The Hall–Kier alpha value is -2.75. The van der Waals surface area contributed by atoms with E-state index in [1.807, 2.05) is 61.5 Å². The Balaban J connectivity index is 2.00. The molecule has 0 saturated carbocycles. The fraction of sp³-hybridized carbons (Fsp3) is 0.211. The molecule has 0 saturated heterocycles. The van der Waals surface area contributed by atoms with Crippen LogP contribution in [0.5, 0.6) is 5.75 Å². The first kappa shape index (κ1) is 15.2. The second-order valence-corrected chi connectivity index (χ2v) is 5.25. The summed E-state index contributed by atoms with van der Waals surface area (Å²) in [6.07, 6.45) is 0. The summed E-state index contributed by atoms with van der Waals surface area (Å²) in [5.41, 5.74) is 4.07. The van der Waals surface area contributed by atoms with Gasteiger partial charge in [-0.3, -0.25) is 0 Å². The van der Waals surface area contributed by atoms with Crippen molar-refractivity contribution in [1.82, 2.24) is 0 Å². The third-order valence-corrected chi connectivity index (χ3v) is 3.70. The molecule has 2 aromatic carbocycles. The first-order valence-electron chi connectivity index (χ1n) is 7.63. The van der Waals surface area contributed by atoms with E-state index in [1.54, 1.807) is 7.11 Å². The average Bonchev–Trinajstić information content (AvgIpc) is 3.15. The lowest BCUT2D eigenvalue weighted by atomic mass is 10.1. The Bertz CT molecular complexity index is 719. The SMILES string of the molecule is COc1ccc(/C(Nc2ccccc2)=C(\C)C2=NCCO2)cc1. The van der Waals surface area contributed by atoms with Crippen LogP contribution in [0, 0.1) is 0 Å². The van der Waals surface area contributed by atoms with Crippen LogP contribution in [0.15, 0.2) is 65.2 Å². The fourth-order valence-electron chi connectivity index (χ4n) is 2.47. The zero-order valence-electron chi connectivity index (χ0n) is 13.4. The molecule has 4 nitrogen and oxygen atoms in total. The number of rotatable bonds is 5. The molecule has 4 heteroatoms. The number of anilines is 1. The van der Waals surface area contributed by atoms with Crippen molar-refractivity contribution in [2.24, 2.45) is 4.99 Å². The molecule has 2 aromatic rings. The standard InChI is InChI=1S/C19H20N2O2/c1-14(19-20-12-13-23-19)18(21-16-6-4-3-5-7-16)15-8-10-17(22-2)11-9-15/h3-11,21H,12-13H2,1-2H3/b18-14-. The van der Waals surface area contributed by atoms with Crippen LogP contribution in [-0.4, -0.2) is 26.2 Å². The minimum atomic E-state index is 0.647. The first-order valence-corrected chi connectivity index (χ1v) is 7.63. The van der Waals surface area contributed by atoms with Crippen molar-refractivity contribution in [2.75, 3.05) is 25.6 Å². The summed E-state index contributed by atoms with van der Waals surface area (Å²) >= 11 is 0. The van der Waals surface area contributed by atoms with Gasteiger partial charge in [0.15, 0.2) is 0 Å². The molecule has 0 aliphatic carbocycles. The molecule has 1 heterocycles. The molecule has 0 aromatic heterocycles. The van der Waals surface area contributed by atoms with Crippen molar-refractivity contribution < 1.29 is 9.47 Å². The molecular formula is C19H20N2O2. The molecule has 0 spiro atoms. The lowest BCUT2D eigenvalue weighted by Crippen LogP contribution is -2.09. The smallest absolute Gasteiger partial charge is 0.213 e. The van der Waals surface area contributed by atoms with Crippen LogP contribution in [0.4, 0.5) is 5.69 Å². The molecule has 0 atom stereocenters. The molecule has 0 bridgehead atoms. The van der Waals surface area contributed by atoms with E-state index in [4.69, 9.17) is 9.47 Å². The quantitative estimate of drug-likeness (QED) is 0.909. The highest BCUT2D eigenvalue weighted by Crippen LogP contribution is 2.25. The minimum absolute atomic E-state index is 0.647.